The van der Waals surface area contributed by atoms with Gasteiger partial charge < -0.3 is 5.11 Å². The average molecular weight is 314 g/mol. The summed E-state index contributed by atoms with van der Waals surface area (Å²) >= 11 is 1.42. The lowest BCUT2D eigenvalue weighted by Crippen LogP contribution is -2.41. The van der Waals surface area contributed by atoms with Crippen LogP contribution in [-0.2, 0) is 15.8 Å². The third-order valence-corrected chi connectivity index (χ3v) is 5.45. The number of aliphatic hydroxyl groups is 1. The summed E-state index contributed by atoms with van der Waals surface area (Å²) in [5, 5.41) is 17.7. The van der Waals surface area contributed by atoms with E-state index in [-0.39, 0.29) is 23.7 Å². The average Bonchev–Trinajstić information content (AvgIpc) is 2.39. The molecule has 0 aliphatic heterocycles. The molecule has 0 fully saturated rings. The van der Waals surface area contributed by atoms with Crippen molar-refractivity contribution >= 4 is 21.8 Å². The minimum Gasteiger partial charge on any atom is -0.395 e. The summed E-state index contributed by atoms with van der Waals surface area (Å²) in [5.74, 6) is -0.143. The zero-order valence-electron chi connectivity index (χ0n) is 11.4. The van der Waals surface area contributed by atoms with Crippen molar-refractivity contribution in [2.24, 2.45) is 0 Å². The molecule has 0 radical (unpaired) electrons. The minimum atomic E-state index is -3.48. The van der Waals surface area contributed by atoms with Gasteiger partial charge in [0.05, 0.1) is 24.0 Å². The molecule has 0 aromatic heterocycles. The summed E-state index contributed by atoms with van der Waals surface area (Å²) in [6.45, 7) is 1.65. The van der Waals surface area contributed by atoms with Crippen LogP contribution in [0.2, 0.25) is 0 Å². The fraction of sp³-hybridized carbons (Fsp3) is 0.462. The number of rotatable bonds is 7. The molecule has 0 saturated heterocycles. The van der Waals surface area contributed by atoms with Gasteiger partial charge in [-0.3, -0.25) is 0 Å². The maximum atomic E-state index is 12.0. The topological polar surface area (TPSA) is 90.2 Å². The Bertz CT molecular complexity index is 560. The van der Waals surface area contributed by atoms with E-state index >= 15 is 0 Å². The first-order valence-electron chi connectivity index (χ1n) is 6.04. The maximum absolute atomic E-state index is 12.0. The number of hydrogen-bond acceptors (Lipinski definition) is 5. The summed E-state index contributed by atoms with van der Waals surface area (Å²) < 4.78 is 26.6. The SMILES string of the molecule is CSC(CO)C(C)NS(=O)(=O)Cc1ccc(C#N)cc1. The van der Waals surface area contributed by atoms with Crippen molar-refractivity contribution in [1.29, 1.82) is 5.26 Å². The lowest BCUT2D eigenvalue weighted by molar-refractivity contribution is 0.282. The van der Waals surface area contributed by atoms with Crippen molar-refractivity contribution in [3.05, 3.63) is 35.4 Å². The number of sulfonamides is 1. The summed E-state index contributed by atoms with van der Waals surface area (Å²) in [6, 6.07) is 8.07. The third kappa shape index (κ3) is 5.13. The highest BCUT2D eigenvalue weighted by Crippen LogP contribution is 2.13. The molecule has 110 valence electrons. The summed E-state index contributed by atoms with van der Waals surface area (Å²) in [6.07, 6.45) is 1.83. The molecule has 2 unspecified atom stereocenters. The second-order valence-corrected chi connectivity index (χ2v) is 7.26. The van der Waals surface area contributed by atoms with Gasteiger partial charge in [-0.1, -0.05) is 12.1 Å². The Kier molecular flexibility index (Phi) is 6.49. The second kappa shape index (κ2) is 7.64. The molecule has 0 amide bonds. The zero-order chi connectivity index (χ0) is 15.2. The Morgan fingerprint density at radius 3 is 2.45 bits per heavy atom. The Hall–Kier alpha value is -1.07. The fourth-order valence-electron chi connectivity index (χ4n) is 1.73. The number of nitrogens with one attached hydrogen (secondary N) is 1. The summed E-state index contributed by atoms with van der Waals surface area (Å²) in [5.41, 5.74) is 1.11. The van der Waals surface area contributed by atoms with Crippen LogP contribution in [0.4, 0.5) is 0 Å². The standard InChI is InChI=1S/C13H18N2O3S2/c1-10(13(8-16)19-2)15-20(17,18)9-12-5-3-11(7-14)4-6-12/h3-6,10,13,15-16H,8-9H2,1-2H3. The van der Waals surface area contributed by atoms with Crippen LogP contribution in [0.25, 0.3) is 0 Å². The molecule has 1 aromatic carbocycles. The minimum absolute atomic E-state index is 0.0816. The molecule has 7 heteroatoms. The molecular formula is C13H18N2O3S2. The van der Waals surface area contributed by atoms with Crippen molar-refractivity contribution in [3.8, 4) is 6.07 Å². The molecule has 0 heterocycles. The monoisotopic (exact) mass is 314 g/mol. The van der Waals surface area contributed by atoms with Gasteiger partial charge in [-0.2, -0.15) is 17.0 Å². The van der Waals surface area contributed by atoms with Crippen LogP contribution in [0, 0.1) is 11.3 Å². The molecule has 1 rings (SSSR count). The van der Waals surface area contributed by atoms with Crippen molar-refractivity contribution in [2.75, 3.05) is 12.9 Å². The van der Waals surface area contributed by atoms with Gasteiger partial charge in [0.1, 0.15) is 0 Å². The predicted molar refractivity (Wildman–Crippen MR) is 80.8 cm³/mol. The van der Waals surface area contributed by atoms with Gasteiger partial charge in [-0.15, -0.1) is 0 Å². The molecule has 2 atom stereocenters. The van der Waals surface area contributed by atoms with E-state index in [0.717, 1.165) is 0 Å². The highest BCUT2D eigenvalue weighted by molar-refractivity contribution is 7.99. The fourth-order valence-corrected chi connectivity index (χ4v) is 3.89. The molecule has 1 aromatic rings. The van der Waals surface area contributed by atoms with Crippen LogP contribution in [0.5, 0.6) is 0 Å². The number of hydrogen-bond donors (Lipinski definition) is 2. The quantitative estimate of drug-likeness (QED) is 0.786. The molecule has 5 nitrogen and oxygen atoms in total. The van der Waals surface area contributed by atoms with Gasteiger partial charge >= 0.3 is 0 Å². The molecule has 0 bridgehead atoms. The van der Waals surface area contributed by atoms with E-state index in [9.17, 15) is 8.42 Å². The van der Waals surface area contributed by atoms with Crippen molar-refractivity contribution in [2.45, 2.75) is 24.0 Å². The van der Waals surface area contributed by atoms with E-state index in [0.29, 0.717) is 11.1 Å². The Labute approximate surface area is 124 Å². The van der Waals surface area contributed by atoms with Crippen molar-refractivity contribution in [3.63, 3.8) is 0 Å². The Morgan fingerprint density at radius 2 is 2.00 bits per heavy atom. The van der Waals surface area contributed by atoms with Crippen LogP contribution >= 0.6 is 11.8 Å². The molecule has 0 spiro atoms. The van der Waals surface area contributed by atoms with Gasteiger partial charge in [-0.05, 0) is 30.9 Å². The predicted octanol–water partition coefficient (Wildman–Crippen LogP) is 1.09. The van der Waals surface area contributed by atoms with Gasteiger partial charge in [0, 0.05) is 11.3 Å². The first kappa shape index (κ1) is 17.0. The first-order valence-corrected chi connectivity index (χ1v) is 8.98. The van der Waals surface area contributed by atoms with Crippen LogP contribution in [0.3, 0.4) is 0 Å². The van der Waals surface area contributed by atoms with Crippen LogP contribution in [0.15, 0.2) is 24.3 Å². The molecule has 0 saturated carbocycles. The summed E-state index contributed by atoms with van der Waals surface area (Å²) in [7, 11) is -3.48. The number of benzene rings is 1. The number of thioether (sulfide) groups is 1. The highest BCUT2D eigenvalue weighted by atomic mass is 32.2. The summed E-state index contributed by atoms with van der Waals surface area (Å²) in [4.78, 5) is 0. The van der Waals surface area contributed by atoms with Gasteiger partial charge in [-0.25, -0.2) is 13.1 Å². The molecule has 0 aliphatic carbocycles. The van der Waals surface area contributed by atoms with E-state index in [1.165, 1.54) is 11.8 Å². The van der Waals surface area contributed by atoms with Crippen molar-refractivity contribution < 1.29 is 13.5 Å². The van der Waals surface area contributed by atoms with Crippen LogP contribution < -0.4 is 4.72 Å². The Balaban J connectivity index is 2.72. The lowest BCUT2D eigenvalue weighted by Gasteiger charge is -2.21. The molecule has 0 aliphatic rings. The number of nitriles is 1. The number of aliphatic hydroxyl groups excluding tert-OH is 1. The zero-order valence-corrected chi connectivity index (χ0v) is 13.0. The lowest BCUT2D eigenvalue weighted by atomic mass is 10.2. The van der Waals surface area contributed by atoms with Gasteiger partial charge in [0.25, 0.3) is 0 Å². The first-order chi connectivity index (χ1) is 9.41. The van der Waals surface area contributed by atoms with Gasteiger partial charge in [0.15, 0.2) is 0 Å². The Morgan fingerprint density at radius 1 is 1.40 bits per heavy atom. The van der Waals surface area contributed by atoms with Crippen LogP contribution in [-0.4, -0.2) is 37.7 Å². The smallest absolute Gasteiger partial charge is 0.216 e. The van der Waals surface area contributed by atoms with E-state index in [1.807, 2.05) is 12.3 Å². The largest absolute Gasteiger partial charge is 0.395 e. The highest BCUT2D eigenvalue weighted by Gasteiger charge is 2.21. The van der Waals surface area contributed by atoms with E-state index in [4.69, 9.17) is 10.4 Å². The van der Waals surface area contributed by atoms with Gasteiger partial charge in [0.2, 0.25) is 10.0 Å². The third-order valence-electron chi connectivity index (χ3n) is 2.85. The van der Waals surface area contributed by atoms with Crippen LogP contribution in [0.1, 0.15) is 18.1 Å². The van der Waals surface area contributed by atoms with E-state index in [2.05, 4.69) is 4.72 Å². The molecule has 20 heavy (non-hydrogen) atoms. The molecule has 2 N–H and O–H groups in total. The van der Waals surface area contributed by atoms with E-state index in [1.54, 1.807) is 31.2 Å². The van der Waals surface area contributed by atoms with E-state index < -0.39 is 10.0 Å². The maximum Gasteiger partial charge on any atom is 0.216 e. The number of nitrogens with zero attached hydrogens (tertiary/aromatic N) is 1. The second-order valence-electron chi connectivity index (χ2n) is 4.43. The normalized spacial score (nSPS) is 14.5. The van der Waals surface area contributed by atoms with Crippen molar-refractivity contribution in [1.82, 2.24) is 4.72 Å². The molecular weight excluding hydrogens is 296 g/mol.